The number of anilines is 1. The van der Waals surface area contributed by atoms with E-state index in [2.05, 4.69) is 0 Å². The Balaban J connectivity index is 1.75. The highest BCUT2D eigenvalue weighted by atomic mass is 16.6. The number of carbonyl (C=O) groups is 2. The molecule has 0 spiro atoms. The van der Waals surface area contributed by atoms with Crippen LogP contribution in [-0.2, 0) is 0 Å². The molecule has 3 aromatic rings. The monoisotopic (exact) mass is 360 g/mol. The zero-order chi connectivity index (χ0) is 19.1. The van der Waals surface area contributed by atoms with Gasteiger partial charge in [0, 0.05) is 12.1 Å². The summed E-state index contributed by atoms with van der Waals surface area (Å²) >= 11 is 0. The highest BCUT2D eigenvalue weighted by molar-refractivity contribution is 6.34. The molecule has 7 heteroatoms. The number of rotatable bonds is 3. The fraction of sp³-hybridized carbons (Fsp3) is 0. The molecule has 0 saturated heterocycles. The summed E-state index contributed by atoms with van der Waals surface area (Å²) in [5, 5.41) is 20.4. The van der Waals surface area contributed by atoms with Gasteiger partial charge < -0.3 is 5.11 Å². The molecule has 0 fully saturated rings. The Bertz CT molecular complexity index is 1110. The van der Waals surface area contributed by atoms with Crippen LogP contribution in [-0.4, -0.2) is 21.8 Å². The first-order chi connectivity index (χ1) is 13.0. The number of hydrogen-bond acceptors (Lipinski definition) is 5. The number of fused-ring (bicyclic) bond motifs is 1. The van der Waals surface area contributed by atoms with Crippen molar-refractivity contribution >= 4 is 23.2 Å². The van der Waals surface area contributed by atoms with Gasteiger partial charge in [-0.05, 0) is 41.5 Å². The largest absolute Gasteiger partial charge is 0.508 e. The number of amides is 2. The zero-order valence-electron chi connectivity index (χ0n) is 13.8. The Hall–Kier alpha value is -4.00. The maximum Gasteiger partial charge on any atom is 0.270 e. The van der Waals surface area contributed by atoms with E-state index in [1.165, 1.54) is 12.1 Å². The summed E-state index contributed by atoms with van der Waals surface area (Å²) in [5.74, 6) is -0.980. The number of nitro groups is 1. The molecule has 1 aliphatic heterocycles. The highest BCUT2D eigenvalue weighted by Crippen LogP contribution is 2.33. The molecule has 1 aliphatic rings. The zero-order valence-corrected chi connectivity index (χ0v) is 13.8. The van der Waals surface area contributed by atoms with E-state index < -0.39 is 16.7 Å². The van der Waals surface area contributed by atoms with Crippen molar-refractivity contribution in [2.24, 2.45) is 0 Å². The van der Waals surface area contributed by atoms with Crippen molar-refractivity contribution in [3.05, 3.63) is 88.0 Å². The third kappa shape index (κ3) is 2.71. The number of aromatic hydroxyl groups is 1. The second-order valence-electron chi connectivity index (χ2n) is 6.03. The lowest BCUT2D eigenvalue weighted by Crippen LogP contribution is -2.29. The first-order valence-electron chi connectivity index (χ1n) is 8.02. The van der Waals surface area contributed by atoms with Crippen molar-refractivity contribution in [1.82, 2.24) is 0 Å². The summed E-state index contributed by atoms with van der Waals surface area (Å²) in [6.07, 6.45) is 0. The second kappa shape index (κ2) is 6.06. The number of carbonyl (C=O) groups excluding carboxylic acids is 2. The highest BCUT2D eigenvalue weighted by Gasteiger charge is 2.37. The number of phenols is 1. The number of non-ortho nitro benzene ring substituents is 1. The average molecular weight is 360 g/mol. The topological polar surface area (TPSA) is 101 Å². The molecule has 2 amide bonds. The standard InChI is InChI=1S/C20H12N2O5/c23-16-7-4-12(5-8-16)13-2-1-3-14(10-13)21-19(24)17-9-6-15(22(26)27)11-18(17)20(21)25/h1-11,23H. The Labute approximate surface area is 153 Å². The Morgan fingerprint density at radius 1 is 0.815 bits per heavy atom. The number of imide groups is 1. The summed E-state index contributed by atoms with van der Waals surface area (Å²) in [7, 11) is 0. The third-order valence-corrected chi connectivity index (χ3v) is 4.39. The molecule has 132 valence electrons. The maximum absolute atomic E-state index is 12.7. The fourth-order valence-electron chi connectivity index (χ4n) is 3.06. The fourth-order valence-corrected chi connectivity index (χ4v) is 3.06. The van der Waals surface area contributed by atoms with Gasteiger partial charge in [0.25, 0.3) is 17.5 Å². The van der Waals surface area contributed by atoms with E-state index >= 15 is 0 Å². The van der Waals surface area contributed by atoms with Gasteiger partial charge in [-0.2, -0.15) is 0 Å². The SMILES string of the molecule is O=C1c2ccc([N+](=O)[O-])cc2C(=O)N1c1cccc(-c2ccc(O)cc2)c1. The van der Waals surface area contributed by atoms with E-state index in [-0.39, 0.29) is 22.6 Å². The van der Waals surface area contributed by atoms with Crippen molar-refractivity contribution < 1.29 is 19.6 Å². The summed E-state index contributed by atoms with van der Waals surface area (Å²) in [6.45, 7) is 0. The minimum absolute atomic E-state index is 0.0178. The van der Waals surface area contributed by atoms with Gasteiger partial charge >= 0.3 is 0 Å². The lowest BCUT2D eigenvalue weighted by Gasteiger charge is -2.15. The van der Waals surface area contributed by atoms with Crippen molar-refractivity contribution in [3.8, 4) is 16.9 Å². The van der Waals surface area contributed by atoms with Gasteiger partial charge in [-0.3, -0.25) is 19.7 Å². The minimum Gasteiger partial charge on any atom is -0.508 e. The molecule has 7 nitrogen and oxygen atoms in total. The van der Waals surface area contributed by atoms with E-state index in [1.54, 1.807) is 42.5 Å². The van der Waals surface area contributed by atoms with Gasteiger partial charge in [-0.25, -0.2) is 4.90 Å². The predicted molar refractivity (Wildman–Crippen MR) is 97.8 cm³/mol. The molecular weight excluding hydrogens is 348 g/mol. The van der Waals surface area contributed by atoms with Gasteiger partial charge in [-0.1, -0.05) is 24.3 Å². The van der Waals surface area contributed by atoms with Crippen molar-refractivity contribution in [2.45, 2.75) is 0 Å². The second-order valence-corrected chi connectivity index (χ2v) is 6.03. The predicted octanol–water partition coefficient (Wildman–Crippen LogP) is 3.77. The van der Waals surface area contributed by atoms with Crippen molar-refractivity contribution in [2.75, 3.05) is 4.90 Å². The van der Waals surface area contributed by atoms with Crippen LogP contribution in [0.4, 0.5) is 11.4 Å². The van der Waals surface area contributed by atoms with Crippen LogP contribution in [0.25, 0.3) is 11.1 Å². The lowest BCUT2D eigenvalue weighted by atomic mass is 10.0. The molecule has 3 aromatic carbocycles. The number of phenolic OH excluding ortho intramolecular Hbond substituents is 1. The lowest BCUT2D eigenvalue weighted by molar-refractivity contribution is -0.384. The summed E-state index contributed by atoms with van der Waals surface area (Å²) < 4.78 is 0. The summed E-state index contributed by atoms with van der Waals surface area (Å²) in [4.78, 5) is 36.8. The van der Waals surface area contributed by atoms with E-state index in [1.807, 2.05) is 6.07 Å². The van der Waals surface area contributed by atoms with Gasteiger partial charge in [-0.15, -0.1) is 0 Å². The third-order valence-electron chi connectivity index (χ3n) is 4.39. The van der Waals surface area contributed by atoms with Crippen LogP contribution < -0.4 is 4.90 Å². The first-order valence-corrected chi connectivity index (χ1v) is 8.02. The van der Waals surface area contributed by atoms with E-state index in [4.69, 9.17) is 0 Å². The molecule has 4 rings (SSSR count). The summed E-state index contributed by atoms with van der Waals surface area (Å²) in [6, 6.07) is 17.0. The molecule has 0 aromatic heterocycles. The molecule has 0 unspecified atom stereocenters. The van der Waals surface area contributed by atoms with E-state index in [0.717, 1.165) is 22.1 Å². The first kappa shape index (κ1) is 16.5. The number of benzene rings is 3. The van der Waals surface area contributed by atoms with Crippen LogP contribution in [0.15, 0.2) is 66.7 Å². The summed E-state index contributed by atoms with van der Waals surface area (Å²) in [5.41, 5.74) is 1.85. The normalized spacial score (nSPS) is 13.0. The number of nitro benzene ring substituents is 1. The smallest absolute Gasteiger partial charge is 0.270 e. The Morgan fingerprint density at radius 3 is 2.22 bits per heavy atom. The van der Waals surface area contributed by atoms with Crippen LogP contribution in [0.1, 0.15) is 20.7 Å². The Kier molecular flexibility index (Phi) is 3.70. The number of hydrogen-bond donors (Lipinski definition) is 1. The molecule has 0 aliphatic carbocycles. The van der Waals surface area contributed by atoms with Crippen LogP contribution in [0.5, 0.6) is 5.75 Å². The Morgan fingerprint density at radius 2 is 1.52 bits per heavy atom. The molecule has 0 atom stereocenters. The van der Waals surface area contributed by atoms with Crippen LogP contribution in [0.2, 0.25) is 0 Å². The molecule has 1 heterocycles. The average Bonchev–Trinajstić information content (AvgIpc) is 2.92. The molecular formula is C20H12N2O5. The molecule has 1 N–H and O–H groups in total. The molecule has 0 radical (unpaired) electrons. The number of nitrogens with zero attached hydrogens (tertiary/aromatic N) is 2. The van der Waals surface area contributed by atoms with Gasteiger partial charge in [0.1, 0.15) is 5.75 Å². The maximum atomic E-state index is 12.7. The molecule has 0 saturated carbocycles. The molecule has 27 heavy (non-hydrogen) atoms. The van der Waals surface area contributed by atoms with Crippen LogP contribution in [0, 0.1) is 10.1 Å². The van der Waals surface area contributed by atoms with Gasteiger partial charge in [0.05, 0.1) is 21.7 Å². The molecule has 0 bridgehead atoms. The quantitative estimate of drug-likeness (QED) is 0.435. The van der Waals surface area contributed by atoms with E-state index in [0.29, 0.717) is 5.69 Å². The van der Waals surface area contributed by atoms with Gasteiger partial charge in [0.2, 0.25) is 0 Å². The van der Waals surface area contributed by atoms with Gasteiger partial charge in [0.15, 0.2) is 0 Å². The van der Waals surface area contributed by atoms with Crippen LogP contribution in [0.3, 0.4) is 0 Å². The van der Waals surface area contributed by atoms with Crippen molar-refractivity contribution in [3.63, 3.8) is 0 Å². The van der Waals surface area contributed by atoms with Crippen molar-refractivity contribution in [1.29, 1.82) is 0 Å². The van der Waals surface area contributed by atoms with Crippen LogP contribution >= 0.6 is 0 Å². The minimum atomic E-state index is -0.605. The van der Waals surface area contributed by atoms with E-state index in [9.17, 15) is 24.8 Å².